The van der Waals surface area contributed by atoms with Crippen molar-refractivity contribution in [3.05, 3.63) is 46.0 Å². The van der Waals surface area contributed by atoms with E-state index in [1.807, 2.05) is 13.8 Å². The Morgan fingerprint density at radius 1 is 1.29 bits per heavy atom. The van der Waals surface area contributed by atoms with Crippen LogP contribution in [-0.2, 0) is 6.54 Å². The number of hydrogen-bond acceptors (Lipinski definition) is 4. The molecule has 1 aromatic carbocycles. The zero-order valence-electron chi connectivity index (χ0n) is 11.5. The van der Waals surface area contributed by atoms with E-state index in [4.69, 9.17) is 10.5 Å². The highest BCUT2D eigenvalue weighted by atomic mass is 79.9. The minimum absolute atomic E-state index is 0.107. The van der Waals surface area contributed by atoms with Crippen LogP contribution in [0.2, 0.25) is 0 Å². The summed E-state index contributed by atoms with van der Waals surface area (Å²) >= 11 is 3.08. The van der Waals surface area contributed by atoms with E-state index in [-0.39, 0.29) is 24.0 Å². The third-order valence-electron chi connectivity index (χ3n) is 2.74. The maximum Gasteiger partial charge on any atom is 0.201 e. The molecule has 0 spiro atoms. The number of nitrogens with two attached hydrogens (primary N) is 1. The first kappa shape index (κ1) is 15.8. The molecule has 7 heteroatoms. The van der Waals surface area contributed by atoms with Crippen LogP contribution < -0.4 is 10.5 Å². The maximum absolute atomic E-state index is 13.7. The Morgan fingerprint density at radius 3 is 2.62 bits per heavy atom. The van der Waals surface area contributed by atoms with Gasteiger partial charge in [0, 0.05) is 16.9 Å². The number of nitrogens with zero attached hydrogens (tertiary/aromatic N) is 2. The highest BCUT2D eigenvalue weighted by Crippen LogP contribution is 2.30. The fourth-order valence-electron chi connectivity index (χ4n) is 1.66. The summed E-state index contributed by atoms with van der Waals surface area (Å²) in [5, 5.41) is 0. The number of hydrogen-bond donors (Lipinski definition) is 1. The second-order valence-corrected chi connectivity index (χ2v) is 5.62. The molecule has 0 unspecified atom stereocenters. The van der Waals surface area contributed by atoms with Crippen LogP contribution in [0, 0.1) is 11.6 Å². The lowest BCUT2D eigenvalue weighted by Gasteiger charge is -2.12. The summed E-state index contributed by atoms with van der Waals surface area (Å²) in [5.74, 6) is -1.38. The van der Waals surface area contributed by atoms with E-state index in [9.17, 15) is 8.78 Å². The molecule has 0 amide bonds. The lowest BCUT2D eigenvalue weighted by Crippen LogP contribution is -2.08. The zero-order valence-corrected chi connectivity index (χ0v) is 13.1. The molecule has 21 heavy (non-hydrogen) atoms. The SMILES string of the molecule is CC(C)c1ncc(Oc2cc(Br)cc(F)c2F)c(CN)n1. The summed E-state index contributed by atoms with van der Waals surface area (Å²) in [7, 11) is 0. The van der Waals surface area contributed by atoms with E-state index in [2.05, 4.69) is 25.9 Å². The van der Waals surface area contributed by atoms with Crippen LogP contribution in [0.25, 0.3) is 0 Å². The summed E-state index contributed by atoms with van der Waals surface area (Å²) in [4.78, 5) is 8.41. The Morgan fingerprint density at radius 2 is 2.00 bits per heavy atom. The number of ether oxygens (including phenoxy) is 1. The number of aromatic nitrogens is 2. The van der Waals surface area contributed by atoms with Gasteiger partial charge in [-0.05, 0) is 12.1 Å². The Kier molecular flexibility index (Phi) is 4.84. The van der Waals surface area contributed by atoms with E-state index in [1.54, 1.807) is 0 Å². The van der Waals surface area contributed by atoms with Gasteiger partial charge >= 0.3 is 0 Å². The van der Waals surface area contributed by atoms with Crippen LogP contribution in [0.4, 0.5) is 8.78 Å². The quantitative estimate of drug-likeness (QED) is 0.843. The van der Waals surface area contributed by atoms with Crippen molar-refractivity contribution in [2.45, 2.75) is 26.3 Å². The van der Waals surface area contributed by atoms with Gasteiger partial charge in [0.2, 0.25) is 5.82 Å². The molecule has 0 bridgehead atoms. The molecular weight excluding hydrogens is 344 g/mol. The second kappa shape index (κ2) is 6.44. The van der Waals surface area contributed by atoms with E-state index in [0.717, 1.165) is 6.07 Å². The molecule has 2 N–H and O–H groups in total. The molecule has 0 saturated carbocycles. The van der Waals surface area contributed by atoms with E-state index >= 15 is 0 Å². The van der Waals surface area contributed by atoms with Crippen LogP contribution >= 0.6 is 15.9 Å². The van der Waals surface area contributed by atoms with Crippen molar-refractivity contribution in [1.82, 2.24) is 9.97 Å². The number of rotatable bonds is 4. The molecule has 2 aromatic rings. The van der Waals surface area contributed by atoms with Gasteiger partial charge in [0.25, 0.3) is 0 Å². The van der Waals surface area contributed by atoms with Crippen molar-refractivity contribution in [1.29, 1.82) is 0 Å². The monoisotopic (exact) mass is 357 g/mol. The van der Waals surface area contributed by atoms with Crippen molar-refractivity contribution >= 4 is 15.9 Å². The largest absolute Gasteiger partial charge is 0.451 e. The predicted octanol–water partition coefficient (Wildman–Crippen LogP) is 3.89. The first-order chi connectivity index (χ1) is 9.92. The van der Waals surface area contributed by atoms with Gasteiger partial charge in [0.05, 0.1) is 6.20 Å². The van der Waals surface area contributed by atoms with E-state index in [0.29, 0.717) is 16.0 Å². The lowest BCUT2D eigenvalue weighted by molar-refractivity contribution is 0.408. The van der Waals surface area contributed by atoms with Crippen molar-refractivity contribution in [2.75, 3.05) is 0 Å². The van der Waals surface area contributed by atoms with Crippen LogP contribution in [0.15, 0.2) is 22.8 Å². The highest BCUT2D eigenvalue weighted by Gasteiger charge is 2.15. The maximum atomic E-state index is 13.7. The van der Waals surface area contributed by atoms with Crippen molar-refractivity contribution < 1.29 is 13.5 Å². The summed E-state index contributed by atoms with van der Waals surface area (Å²) in [6.45, 7) is 3.99. The van der Waals surface area contributed by atoms with Gasteiger partial charge in [-0.25, -0.2) is 14.4 Å². The van der Waals surface area contributed by atoms with Gasteiger partial charge in [-0.2, -0.15) is 4.39 Å². The smallest absolute Gasteiger partial charge is 0.201 e. The predicted molar refractivity (Wildman–Crippen MR) is 78.1 cm³/mol. The molecule has 1 aromatic heterocycles. The molecule has 0 aliphatic heterocycles. The molecule has 0 fully saturated rings. The van der Waals surface area contributed by atoms with Crippen molar-refractivity contribution in [3.8, 4) is 11.5 Å². The topological polar surface area (TPSA) is 61.0 Å². The number of halogens is 3. The second-order valence-electron chi connectivity index (χ2n) is 4.70. The van der Waals surface area contributed by atoms with Crippen LogP contribution in [0.3, 0.4) is 0 Å². The Balaban J connectivity index is 2.40. The first-order valence-electron chi connectivity index (χ1n) is 6.30. The molecule has 1 heterocycles. The molecule has 0 aliphatic rings. The highest BCUT2D eigenvalue weighted by molar-refractivity contribution is 9.10. The minimum Gasteiger partial charge on any atom is -0.451 e. The third kappa shape index (κ3) is 3.54. The van der Waals surface area contributed by atoms with Crippen LogP contribution in [-0.4, -0.2) is 9.97 Å². The summed E-state index contributed by atoms with van der Waals surface area (Å²) in [5.41, 5.74) is 6.06. The molecule has 2 rings (SSSR count). The average Bonchev–Trinajstić information content (AvgIpc) is 2.44. The van der Waals surface area contributed by atoms with Crippen molar-refractivity contribution in [3.63, 3.8) is 0 Å². The van der Waals surface area contributed by atoms with Crippen molar-refractivity contribution in [2.24, 2.45) is 5.73 Å². The van der Waals surface area contributed by atoms with Crippen LogP contribution in [0.1, 0.15) is 31.3 Å². The molecule has 112 valence electrons. The van der Waals surface area contributed by atoms with Gasteiger partial charge < -0.3 is 10.5 Å². The average molecular weight is 358 g/mol. The molecule has 4 nitrogen and oxygen atoms in total. The van der Waals surface area contributed by atoms with Gasteiger partial charge in [0.15, 0.2) is 17.3 Å². The standard InChI is InChI=1S/C14H14BrF2N3O/c1-7(2)14-19-6-12(10(5-18)20-14)21-11-4-8(15)3-9(16)13(11)17/h3-4,6-7H,5,18H2,1-2H3. The van der Waals surface area contributed by atoms with Gasteiger partial charge in [-0.3, -0.25) is 0 Å². The normalized spacial score (nSPS) is 11.0. The third-order valence-corrected chi connectivity index (χ3v) is 3.20. The van der Waals surface area contributed by atoms with Gasteiger partial charge in [0.1, 0.15) is 11.5 Å². The van der Waals surface area contributed by atoms with Crippen LogP contribution in [0.5, 0.6) is 11.5 Å². The first-order valence-corrected chi connectivity index (χ1v) is 7.10. The molecule has 0 atom stereocenters. The zero-order chi connectivity index (χ0) is 15.6. The molecule has 0 radical (unpaired) electrons. The van der Waals surface area contributed by atoms with E-state index < -0.39 is 11.6 Å². The van der Waals surface area contributed by atoms with Gasteiger partial charge in [-0.15, -0.1) is 0 Å². The minimum atomic E-state index is -1.07. The lowest BCUT2D eigenvalue weighted by atomic mass is 10.2. The number of benzene rings is 1. The van der Waals surface area contributed by atoms with E-state index in [1.165, 1.54) is 12.3 Å². The summed E-state index contributed by atoms with van der Waals surface area (Å²) in [6.07, 6.45) is 1.42. The fourth-order valence-corrected chi connectivity index (χ4v) is 2.07. The Labute approximate surface area is 129 Å². The Bertz CT molecular complexity index is 665. The Hall–Kier alpha value is -1.60. The molecule has 0 aliphatic carbocycles. The molecule has 0 saturated heterocycles. The fraction of sp³-hybridized carbons (Fsp3) is 0.286. The van der Waals surface area contributed by atoms with Gasteiger partial charge in [-0.1, -0.05) is 29.8 Å². The molecular formula is C14H14BrF2N3O. The summed E-state index contributed by atoms with van der Waals surface area (Å²) < 4.78 is 32.8. The summed E-state index contributed by atoms with van der Waals surface area (Å²) in [6, 6.07) is 2.35.